The molecule has 2 aliphatic heterocycles. The molecule has 0 bridgehead atoms. The third kappa shape index (κ3) is 5.09. The Morgan fingerprint density at radius 1 is 1.19 bits per heavy atom. The van der Waals surface area contributed by atoms with Crippen LogP contribution in [0.25, 0.3) is 0 Å². The van der Waals surface area contributed by atoms with Crippen LogP contribution in [0.3, 0.4) is 0 Å². The topological polar surface area (TPSA) is 36.0 Å². The lowest BCUT2D eigenvalue weighted by molar-refractivity contribution is -0.133. The summed E-state index contributed by atoms with van der Waals surface area (Å²) in [6, 6.07) is 16.7. The van der Waals surface area contributed by atoms with E-state index in [2.05, 4.69) is 71.1 Å². The van der Waals surface area contributed by atoms with Crippen LogP contribution in [0, 0.1) is 5.92 Å². The van der Waals surface area contributed by atoms with E-state index in [0.29, 0.717) is 5.92 Å². The van der Waals surface area contributed by atoms with Gasteiger partial charge in [0, 0.05) is 45.3 Å². The molecule has 0 radical (unpaired) electrons. The van der Waals surface area contributed by atoms with Crippen molar-refractivity contribution in [2.45, 2.75) is 38.6 Å². The number of rotatable bonds is 8. The number of piperidine rings is 1. The highest BCUT2D eigenvalue weighted by Gasteiger charge is 2.35. The molecule has 172 valence electrons. The fourth-order valence-electron chi connectivity index (χ4n) is 5.31. The van der Waals surface area contributed by atoms with Crippen molar-refractivity contribution in [3.63, 3.8) is 0 Å². The lowest BCUT2D eigenvalue weighted by Crippen LogP contribution is -2.49. The van der Waals surface area contributed by atoms with E-state index < -0.39 is 0 Å². The first-order valence-corrected chi connectivity index (χ1v) is 12.0. The highest BCUT2D eigenvalue weighted by atomic mass is 16.5. The quantitative estimate of drug-likeness (QED) is 0.631. The van der Waals surface area contributed by atoms with Crippen molar-refractivity contribution in [1.82, 2.24) is 9.80 Å². The van der Waals surface area contributed by atoms with Gasteiger partial charge in [0.05, 0.1) is 7.11 Å². The van der Waals surface area contributed by atoms with Gasteiger partial charge in [0.25, 0.3) is 0 Å². The summed E-state index contributed by atoms with van der Waals surface area (Å²) < 4.78 is 5.36. The van der Waals surface area contributed by atoms with E-state index in [1.165, 1.54) is 29.7 Å². The molecule has 2 aliphatic rings. The van der Waals surface area contributed by atoms with Crippen molar-refractivity contribution in [3.05, 3.63) is 59.7 Å². The first-order valence-electron chi connectivity index (χ1n) is 12.0. The summed E-state index contributed by atoms with van der Waals surface area (Å²) in [7, 11) is 3.78. The van der Waals surface area contributed by atoms with Gasteiger partial charge in [0.2, 0.25) is 5.91 Å². The molecule has 5 nitrogen and oxygen atoms in total. The van der Waals surface area contributed by atoms with Gasteiger partial charge in [-0.25, -0.2) is 0 Å². The minimum atomic E-state index is -0.0693. The number of carbonyl (C=O) groups excluding carboxylic acids is 1. The number of benzene rings is 2. The van der Waals surface area contributed by atoms with Gasteiger partial charge in [-0.1, -0.05) is 30.3 Å². The molecule has 2 aromatic rings. The number of likely N-dealkylation sites (N-methyl/N-ethyl adjacent to an activating group) is 2. The minimum absolute atomic E-state index is 0.0693. The Morgan fingerprint density at radius 2 is 2.03 bits per heavy atom. The van der Waals surface area contributed by atoms with Gasteiger partial charge in [0.15, 0.2) is 0 Å². The van der Waals surface area contributed by atoms with Gasteiger partial charge in [-0.3, -0.25) is 4.79 Å². The number of para-hydroxylation sites is 1. The third-order valence-corrected chi connectivity index (χ3v) is 7.16. The zero-order valence-electron chi connectivity index (χ0n) is 19.8. The predicted octanol–water partition coefficient (Wildman–Crippen LogP) is 3.86. The van der Waals surface area contributed by atoms with Crippen LogP contribution in [0.1, 0.15) is 30.9 Å². The van der Waals surface area contributed by atoms with Crippen molar-refractivity contribution in [1.29, 1.82) is 0 Å². The predicted molar refractivity (Wildman–Crippen MR) is 130 cm³/mol. The Morgan fingerprint density at radius 3 is 2.81 bits per heavy atom. The molecule has 0 aromatic heterocycles. The van der Waals surface area contributed by atoms with Crippen LogP contribution in [0.15, 0.2) is 48.5 Å². The van der Waals surface area contributed by atoms with Gasteiger partial charge in [-0.15, -0.1) is 0 Å². The molecule has 2 unspecified atom stereocenters. The molecule has 0 aliphatic carbocycles. The summed E-state index contributed by atoms with van der Waals surface area (Å²) in [6.07, 6.45) is 4.27. The highest BCUT2D eigenvalue weighted by molar-refractivity contribution is 5.88. The van der Waals surface area contributed by atoms with Crippen molar-refractivity contribution in [2.75, 3.05) is 51.8 Å². The van der Waals surface area contributed by atoms with Crippen LogP contribution in [0.5, 0.6) is 5.75 Å². The van der Waals surface area contributed by atoms with Crippen molar-refractivity contribution in [3.8, 4) is 5.75 Å². The van der Waals surface area contributed by atoms with Gasteiger partial charge < -0.3 is 19.4 Å². The Labute approximate surface area is 193 Å². The van der Waals surface area contributed by atoms with E-state index in [-0.39, 0.29) is 11.9 Å². The SMILES string of the molecule is CCN(CC1CCCN(CCc2cccc(OC)c2)C1)C(=O)C1Cc2ccccc2N1C. The largest absolute Gasteiger partial charge is 0.497 e. The molecule has 2 heterocycles. The summed E-state index contributed by atoms with van der Waals surface area (Å²) >= 11 is 0. The van der Waals surface area contributed by atoms with E-state index >= 15 is 0 Å². The second-order valence-corrected chi connectivity index (χ2v) is 9.25. The molecule has 4 rings (SSSR count). The van der Waals surface area contributed by atoms with Crippen LogP contribution in [-0.4, -0.2) is 68.6 Å². The van der Waals surface area contributed by atoms with Crippen LogP contribution >= 0.6 is 0 Å². The number of hydrogen-bond donors (Lipinski definition) is 0. The van der Waals surface area contributed by atoms with E-state index in [1.807, 2.05) is 6.07 Å². The Kier molecular flexibility index (Phi) is 7.36. The molecule has 1 fully saturated rings. The van der Waals surface area contributed by atoms with Gasteiger partial charge >= 0.3 is 0 Å². The van der Waals surface area contributed by atoms with Crippen molar-refractivity contribution < 1.29 is 9.53 Å². The molecule has 5 heteroatoms. The number of methoxy groups -OCH3 is 1. The second kappa shape index (κ2) is 10.4. The molecule has 0 spiro atoms. The van der Waals surface area contributed by atoms with Crippen LogP contribution in [0.2, 0.25) is 0 Å². The Hall–Kier alpha value is -2.53. The van der Waals surface area contributed by atoms with Crippen molar-refractivity contribution >= 4 is 11.6 Å². The molecule has 1 saturated heterocycles. The van der Waals surface area contributed by atoms with E-state index in [4.69, 9.17) is 4.74 Å². The van der Waals surface area contributed by atoms with Crippen LogP contribution < -0.4 is 9.64 Å². The summed E-state index contributed by atoms with van der Waals surface area (Å²) in [5.41, 5.74) is 3.80. The second-order valence-electron chi connectivity index (χ2n) is 9.25. The summed E-state index contributed by atoms with van der Waals surface area (Å²) in [4.78, 5) is 20.3. The highest BCUT2D eigenvalue weighted by Crippen LogP contribution is 2.31. The number of fused-ring (bicyclic) bond motifs is 1. The zero-order valence-corrected chi connectivity index (χ0v) is 19.8. The maximum atomic E-state index is 13.4. The number of carbonyl (C=O) groups is 1. The molecule has 32 heavy (non-hydrogen) atoms. The third-order valence-electron chi connectivity index (χ3n) is 7.16. The first kappa shape index (κ1) is 22.7. The van der Waals surface area contributed by atoms with Crippen LogP contribution in [-0.2, 0) is 17.6 Å². The monoisotopic (exact) mass is 435 g/mol. The van der Waals surface area contributed by atoms with Crippen LogP contribution in [0.4, 0.5) is 5.69 Å². The zero-order chi connectivity index (χ0) is 22.5. The molecular weight excluding hydrogens is 398 g/mol. The molecule has 2 atom stereocenters. The summed E-state index contributed by atoms with van der Waals surface area (Å²) in [6.45, 7) is 7.05. The summed E-state index contributed by atoms with van der Waals surface area (Å²) in [5, 5.41) is 0. The maximum absolute atomic E-state index is 13.4. The lowest BCUT2D eigenvalue weighted by atomic mass is 9.96. The number of amides is 1. The fourth-order valence-corrected chi connectivity index (χ4v) is 5.31. The molecule has 2 aromatic carbocycles. The molecular formula is C27H37N3O2. The van der Waals surface area contributed by atoms with E-state index in [0.717, 1.165) is 51.3 Å². The number of likely N-dealkylation sites (tertiary alicyclic amines) is 1. The average molecular weight is 436 g/mol. The first-order chi connectivity index (χ1) is 15.6. The normalized spacial score (nSPS) is 20.8. The Bertz CT molecular complexity index is 915. The fraction of sp³-hybridized carbons (Fsp3) is 0.519. The maximum Gasteiger partial charge on any atom is 0.245 e. The summed E-state index contributed by atoms with van der Waals surface area (Å²) in [5.74, 6) is 1.75. The van der Waals surface area contributed by atoms with Crippen molar-refractivity contribution in [2.24, 2.45) is 5.92 Å². The Balaban J connectivity index is 1.31. The smallest absolute Gasteiger partial charge is 0.245 e. The number of anilines is 1. The molecule has 0 N–H and O–H groups in total. The average Bonchev–Trinajstić information content (AvgIpc) is 3.18. The van der Waals surface area contributed by atoms with Gasteiger partial charge in [-0.05, 0) is 68.0 Å². The lowest BCUT2D eigenvalue weighted by Gasteiger charge is -2.37. The number of ether oxygens (including phenoxy) is 1. The van der Waals surface area contributed by atoms with Gasteiger partial charge in [-0.2, -0.15) is 0 Å². The minimum Gasteiger partial charge on any atom is -0.497 e. The van der Waals surface area contributed by atoms with E-state index in [9.17, 15) is 4.79 Å². The van der Waals surface area contributed by atoms with Gasteiger partial charge in [0.1, 0.15) is 11.8 Å². The standard InChI is InChI=1S/C27H37N3O2/c1-4-30(27(31)26-18-23-11-5-6-13-25(23)28(26)2)20-22-10-8-15-29(19-22)16-14-21-9-7-12-24(17-21)32-3/h5-7,9,11-13,17,22,26H,4,8,10,14-16,18-20H2,1-3H3. The number of nitrogens with zero attached hydrogens (tertiary/aromatic N) is 3. The molecule has 0 saturated carbocycles. The number of hydrogen-bond acceptors (Lipinski definition) is 4. The van der Waals surface area contributed by atoms with E-state index in [1.54, 1.807) is 7.11 Å². The molecule has 1 amide bonds.